The lowest BCUT2D eigenvalue weighted by molar-refractivity contribution is -0.396. The Kier molecular flexibility index (Phi) is 19.1. The number of esters is 1. The summed E-state index contributed by atoms with van der Waals surface area (Å²) in [6, 6.07) is 13.4. The number of nitro groups is 2. The van der Waals surface area contributed by atoms with Crippen LogP contribution in [0.5, 0.6) is 0 Å². The van der Waals surface area contributed by atoms with Crippen LogP contribution in [0, 0.1) is 41.0 Å². The van der Waals surface area contributed by atoms with Crippen molar-refractivity contribution in [3.8, 4) is 0 Å². The Morgan fingerprint density at radius 2 is 1.41 bits per heavy atom. The average molecular weight is 948 g/mol. The molecule has 0 aromatic heterocycles. The van der Waals surface area contributed by atoms with Crippen LogP contribution in [0.15, 0.2) is 59.5 Å². The number of nitro benzene ring substituents is 2. The van der Waals surface area contributed by atoms with Gasteiger partial charge < -0.3 is 18.8 Å². The van der Waals surface area contributed by atoms with Gasteiger partial charge in [-0.15, -0.1) is 0 Å². The van der Waals surface area contributed by atoms with Crippen LogP contribution >= 0.6 is 11.6 Å². The lowest BCUT2D eigenvalue weighted by Crippen LogP contribution is -2.56. The monoisotopic (exact) mass is 946 g/mol. The van der Waals surface area contributed by atoms with E-state index >= 15 is 0 Å². The van der Waals surface area contributed by atoms with Crippen LogP contribution in [0.2, 0.25) is 23.2 Å². The van der Waals surface area contributed by atoms with Gasteiger partial charge in [-0.05, 0) is 139 Å². The highest BCUT2D eigenvalue weighted by Gasteiger charge is 2.47. The van der Waals surface area contributed by atoms with Gasteiger partial charge in [-0.1, -0.05) is 63.1 Å². The van der Waals surface area contributed by atoms with Crippen LogP contribution in [0.25, 0.3) is 0 Å². The summed E-state index contributed by atoms with van der Waals surface area (Å²) in [5.41, 5.74) is 2.14. The quantitative estimate of drug-likeness (QED) is 0.0289. The molecule has 0 bridgehead atoms. The van der Waals surface area contributed by atoms with Crippen molar-refractivity contribution in [3.05, 3.63) is 102 Å². The molecule has 354 valence electrons. The number of unbranched alkanes of at least 4 members (excludes halogenated alkanes) is 4. The first-order valence-corrected chi connectivity index (χ1v) is 26.3. The van der Waals surface area contributed by atoms with E-state index in [1.165, 1.54) is 33.7 Å². The van der Waals surface area contributed by atoms with E-state index in [9.17, 15) is 38.2 Å². The van der Waals surface area contributed by atoms with Gasteiger partial charge in [0.05, 0.1) is 21.6 Å². The summed E-state index contributed by atoms with van der Waals surface area (Å²) in [7, 11) is -5.71. The summed E-state index contributed by atoms with van der Waals surface area (Å²) in [5.74, 6) is -1.15. The summed E-state index contributed by atoms with van der Waals surface area (Å²) in [4.78, 5) is 50.8. The van der Waals surface area contributed by atoms with E-state index < -0.39 is 74.1 Å². The molecule has 0 radical (unpaired) electrons. The molecule has 3 rings (SSSR count). The van der Waals surface area contributed by atoms with Crippen LogP contribution in [0.3, 0.4) is 0 Å². The third kappa shape index (κ3) is 15.1. The average Bonchev–Trinajstić information content (AvgIpc) is 3.18. The zero-order valence-corrected chi connectivity index (χ0v) is 42.1. The summed E-state index contributed by atoms with van der Waals surface area (Å²) >= 11 is 6.39. The first kappa shape index (κ1) is 53.9. The van der Waals surface area contributed by atoms with E-state index in [1.54, 1.807) is 40.8 Å². The molecule has 64 heavy (non-hydrogen) atoms. The SMILES string of the molecule is Cc1ccc(CCCCCO[C@@H](C(=O)N(C)CCCCCN(c2ccc(C)c(Cl)c2)S(=O)(=O)c2ccc([N+](=O)[O-])cc2[N+](=O)[O-])[C@@H](O[Si](C)(C)C(C)(C)C)C(=O)OC(C)(C)C)cc1C. The maximum Gasteiger partial charge on any atom is 0.337 e. The number of likely N-dealkylation sites (N-methyl/N-ethyl adjacent to an activating group) is 1. The van der Waals surface area contributed by atoms with Crippen molar-refractivity contribution in [2.75, 3.05) is 31.0 Å². The smallest absolute Gasteiger partial charge is 0.337 e. The Balaban J connectivity index is 1.83. The number of ether oxygens (including phenoxy) is 2. The number of halogens is 1. The fourth-order valence-corrected chi connectivity index (χ4v) is 9.50. The highest BCUT2D eigenvalue weighted by atomic mass is 35.5. The van der Waals surface area contributed by atoms with E-state index in [0.717, 1.165) is 35.7 Å². The van der Waals surface area contributed by atoms with Crippen molar-refractivity contribution < 1.29 is 41.8 Å². The van der Waals surface area contributed by atoms with Gasteiger partial charge in [-0.25, -0.2) is 13.2 Å². The Morgan fingerprint density at radius 1 is 0.781 bits per heavy atom. The second-order valence-corrected chi connectivity index (χ2v) is 25.8. The van der Waals surface area contributed by atoms with Gasteiger partial charge >= 0.3 is 5.97 Å². The number of carbonyl (C=O) groups is 2. The highest BCUT2D eigenvalue weighted by Crippen LogP contribution is 2.39. The number of carbonyl (C=O) groups excluding carboxylic acids is 2. The molecular formula is C46H67ClN4O11SSi. The Labute approximate surface area is 385 Å². The van der Waals surface area contributed by atoms with E-state index in [0.29, 0.717) is 30.9 Å². The predicted octanol–water partition coefficient (Wildman–Crippen LogP) is 10.4. The number of rotatable bonds is 23. The molecule has 15 nitrogen and oxygen atoms in total. The number of benzene rings is 3. The molecule has 0 fully saturated rings. The molecule has 0 saturated carbocycles. The number of amides is 1. The minimum atomic E-state index is -4.64. The third-order valence-electron chi connectivity index (χ3n) is 11.5. The molecule has 0 heterocycles. The number of hydrogen-bond acceptors (Lipinski definition) is 11. The summed E-state index contributed by atoms with van der Waals surface area (Å²) in [6.45, 7) is 21.6. The number of sulfonamides is 1. The van der Waals surface area contributed by atoms with Crippen LogP contribution in [-0.4, -0.2) is 87.9 Å². The highest BCUT2D eigenvalue weighted by molar-refractivity contribution is 7.93. The van der Waals surface area contributed by atoms with Gasteiger partial charge in [0.2, 0.25) is 0 Å². The number of anilines is 1. The van der Waals surface area contributed by atoms with E-state index in [4.69, 9.17) is 25.5 Å². The first-order valence-electron chi connectivity index (χ1n) is 21.6. The molecule has 0 unspecified atom stereocenters. The molecule has 1 amide bonds. The summed E-state index contributed by atoms with van der Waals surface area (Å²) in [5, 5.41) is 23.3. The van der Waals surface area contributed by atoms with E-state index in [2.05, 4.69) is 32.0 Å². The molecule has 3 aromatic carbocycles. The molecule has 0 aliphatic heterocycles. The second-order valence-electron chi connectivity index (χ2n) is 18.9. The molecule has 2 atom stereocenters. The number of aryl methyl sites for hydroxylation is 4. The van der Waals surface area contributed by atoms with Crippen molar-refractivity contribution in [2.24, 2.45) is 0 Å². The van der Waals surface area contributed by atoms with E-state index in [-0.39, 0.29) is 41.9 Å². The lowest BCUT2D eigenvalue weighted by atomic mass is 10.0. The Hall–Kier alpha value is -4.42. The fourth-order valence-electron chi connectivity index (χ4n) is 6.49. The molecule has 0 aliphatic carbocycles. The number of non-ortho nitro benzene ring substituents is 1. The Bertz CT molecular complexity index is 2240. The first-order chi connectivity index (χ1) is 29.6. The predicted molar refractivity (Wildman–Crippen MR) is 253 cm³/mol. The van der Waals surface area contributed by atoms with Crippen molar-refractivity contribution in [1.82, 2.24) is 4.90 Å². The number of nitrogens with zero attached hydrogens (tertiary/aromatic N) is 4. The minimum absolute atomic E-state index is 0.135. The van der Waals surface area contributed by atoms with Gasteiger partial charge in [-0.3, -0.25) is 29.3 Å². The summed E-state index contributed by atoms with van der Waals surface area (Å²) < 4.78 is 48.2. The van der Waals surface area contributed by atoms with Crippen LogP contribution in [0.4, 0.5) is 17.1 Å². The van der Waals surface area contributed by atoms with E-state index in [1.807, 2.05) is 33.9 Å². The molecule has 0 saturated heterocycles. The van der Waals surface area contributed by atoms with Gasteiger partial charge in [-0.2, -0.15) is 0 Å². The maximum atomic E-state index is 14.4. The molecule has 0 aliphatic rings. The number of hydrogen-bond donors (Lipinski definition) is 0. The van der Waals surface area contributed by atoms with Crippen molar-refractivity contribution in [2.45, 2.75) is 148 Å². The topological polar surface area (TPSA) is 189 Å². The van der Waals surface area contributed by atoms with Crippen molar-refractivity contribution in [3.63, 3.8) is 0 Å². The standard InChI is InChI=1S/C46H67ClN4O11SSi/c1-32-20-22-35(29-34(32)3)19-15-13-18-28-60-41(42(44(53)61-45(4,5)6)62-64(11,12)46(7,8)9)43(52)48(10)26-16-14-17-27-49(36-23-21-33(2)38(47)30-36)63(58,59)40-25-24-37(50(54)55)31-39(40)51(56)57/h20-25,29-31,41-42H,13-19,26-28H2,1-12H3/t41-,42-/m1/s1. The largest absolute Gasteiger partial charge is 0.458 e. The van der Waals surface area contributed by atoms with Gasteiger partial charge in [0.25, 0.3) is 27.3 Å². The molecule has 0 spiro atoms. The molecule has 18 heteroatoms. The van der Waals surface area contributed by atoms with Gasteiger partial charge in [0.1, 0.15) is 5.60 Å². The van der Waals surface area contributed by atoms with Crippen LogP contribution in [0.1, 0.15) is 102 Å². The zero-order valence-electron chi connectivity index (χ0n) is 39.5. The van der Waals surface area contributed by atoms with Gasteiger partial charge in [0.15, 0.2) is 25.4 Å². The fraction of sp³-hybridized carbons (Fsp3) is 0.565. The van der Waals surface area contributed by atoms with Crippen molar-refractivity contribution in [1.29, 1.82) is 0 Å². The molecule has 3 aromatic rings. The lowest BCUT2D eigenvalue weighted by Gasteiger charge is -2.41. The maximum absolute atomic E-state index is 14.4. The normalized spacial score (nSPS) is 13.3. The van der Waals surface area contributed by atoms with Gasteiger partial charge in [0, 0.05) is 37.8 Å². The summed E-state index contributed by atoms with van der Waals surface area (Å²) in [6.07, 6.45) is 1.73. The molecule has 0 N–H and O–H groups in total. The minimum Gasteiger partial charge on any atom is -0.458 e. The zero-order chi connectivity index (χ0) is 48.4. The Morgan fingerprint density at radius 3 is 1.98 bits per heavy atom. The second kappa shape index (κ2) is 22.7. The third-order valence-corrected chi connectivity index (χ3v) is 18.2. The van der Waals surface area contributed by atoms with Crippen LogP contribution < -0.4 is 4.31 Å². The van der Waals surface area contributed by atoms with Crippen LogP contribution in [-0.2, 0) is 39.9 Å². The molecular weight excluding hydrogens is 880 g/mol. The van der Waals surface area contributed by atoms with Crippen molar-refractivity contribution >= 4 is 58.9 Å².